The Morgan fingerprint density at radius 2 is 1.89 bits per heavy atom. The maximum Gasteiger partial charge on any atom is 0.350 e. The second-order valence-corrected chi connectivity index (χ2v) is 6.82. The first-order valence-electron chi connectivity index (χ1n) is 9.00. The molecule has 2 aliphatic rings. The van der Waals surface area contributed by atoms with E-state index in [1.165, 1.54) is 32.0 Å². The van der Waals surface area contributed by atoms with E-state index in [4.69, 9.17) is 18.9 Å². The van der Waals surface area contributed by atoms with E-state index in [0.717, 1.165) is 19.3 Å². The van der Waals surface area contributed by atoms with E-state index in [-0.39, 0.29) is 11.3 Å². The number of morpholine rings is 1. The van der Waals surface area contributed by atoms with Crippen LogP contribution in [0.2, 0.25) is 0 Å². The maximum atomic E-state index is 13.7. The highest BCUT2D eigenvalue weighted by molar-refractivity contribution is 6.15. The number of benzene rings is 1. The van der Waals surface area contributed by atoms with Gasteiger partial charge in [-0.05, 0) is 12.1 Å². The molecule has 1 N–H and O–H groups in total. The lowest BCUT2D eigenvalue weighted by Gasteiger charge is -2.29. The van der Waals surface area contributed by atoms with Crippen LogP contribution in [-0.2, 0) is 23.8 Å². The van der Waals surface area contributed by atoms with Crippen molar-refractivity contribution in [1.29, 1.82) is 0 Å². The minimum Gasteiger partial charge on any atom is -0.490 e. The molecule has 0 atom stereocenters. The molecule has 2 heterocycles. The third-order valence-corrected chi connectivity index (χ3v) is 4.20. The summed E-state index contributed by atoms with van der Waals surface area (Å²) in [7, 11) is 0. The topological polar surface area (TPSA) is 86.3 Å². The second kappa shape index (κ2) is 8.57. The molecule has 28 heavy (non-hydrogen) atoms. The lowest BCUT2D eigenvalue weighted by atomic mass is 10.2. The minimum atomic E-state index is -1.32. The first kappa shape index (κ1) is 20.1. The van der Waals surface area contributed by atoms with E-state index in [1.807, 2.05) is 0 Å². The van der Waals surface area contributed by atoms with Crippen LogP contribution in [0.4, 0.5) is 10.1 Å². The molecular formula is C19H23FN2O6. The van der Waals surface area contributed by atoms with E-state index in [0.29, 0.717) is 32.1 Å². The van der Waals surface area contributed by atoms with Gasteiger partial charge in [-0.1, -0.05) is 0 Å². The third kappa shape index (κ3) is 5.20. The Morgan fingerprint density at radius 3 is 2.57 bits per heavy atom. The Labute approximate surface area is 162 Å². The molecule has 3 rings (SSSR count). The number of anilines is 1. The number of rotatable bonds is 6. The summed E-state index contributed by atoms with van der Waals surface area (Å²) in [4.78, 5) is 26.2. The molecule has 0 bridgehead atoms. The van der Waals surface area contributed by atoms with Crippen LogP contribution in [0.15, 0.2) is 30.0 Å². The Morgan fingerprint density at radius 1 is 1.21 bits per heavy atom. The fourth-order valence-corrected chi connectivity index (χ4v) is 2.78. The van der Waals surface area contributed by atoms with Crippen LogP contribution in [-0.4, -0.2) is 62.1 Å². The summed E-state index contributed by atoms with van der Waals surface area (Å²) in [5.74, 6) is -3.06. The van der Waals surface area contributed by atoms with Gasteiger partial charge in [-0.25, -0.2) is 14.0 Å². The number of esters is 2. The molecule has 8 nitrogen and oxygen atoms in total. The van der Waals surface area contributed by atoms with Crippen LogP contribution in [0.5, 0.6) is 5.75 Å². The quantitative estimate of drug-likeness (QED) is 0.443. The van der Waals surface area contributed by atoms with Crippen molar-refractivity contribution in [3.05, 3.63) is 35.8 Å². The zero-order chi connectivity index (χ0) is 20.1. The monoisotopic (exact) mass is 394 g/mol. The van der Waals surface area contributed by atoms with E-state index in [9.17, 15) is 14.0 Å². The van der Waals surface area contributed by atoms with Gasteiger partial charge < -0.3 is 24.3 Å². The highest BCUT2D eigenvalue weighted by atomic mass is 19.1. The number of nitrogens with one attached hydrogen (secondary N) is 1. The average Bonchev–Trinajstić information content (AvgIpc) is 2.62. The van der Waals surface area contributed by atoms with Gasteiger partial charge >= 0.3 is 11.9 Å². The minimum absolute atomic E-state index is 0.278. The van der Waals surface area contributed by atoms with Gasteiger partial charge in [0, 0.05) is 45.7 Å². The summed E-state index contributed by atoms with van der Waals surface area (Å²) in [6.07, 6.45) is 1.13. The van der Waals surface area contributed by atoms with Gasteiger partial charge in [0.2, 0.25) is 0 Å². The van der Waals surface area contributed by atoms with Gasteiger partial charge in [-0.2, -0.15) is 0 Å². The highest BCUT2D eigenvalue weighted by Gasteiger charge is 2.39. The first-order chi connectivity index (χ1) is 13.3. The largest absolute Gasteiger partial charge is 0.490 e. The summed E-state index contributed by atoms with van der Waals surface area (Å²) in [5.41, 5.74) is -0.0391. The second-order valence-electron chi connectivity index (χ2n) is 6.82. The summed E-state index contributed by atoms with van der Waals surface area (Å²) < 4.78 is 34.7. The van der Waals surface area contributed by atoms with Crippen molar-refractivity contribution < 1.29 is 32.9 Å². The summed E-state index contributed by atoms with van der Waals surface area (Å²) in [6.45, 7) is 7.08. The number of cyclic esters (lactones) is 2. The van der Waals surface area contributed by atoms with Crippen LogP contribution in [0.25, 0.3) is 0 Å². The lowest BCUT2D eigenvalue weighted by Crippen LogP contribution is -2.42. The zero-order valence-electron chi connectivity index (χ0n) is 15.8. The maximum absolute atomic E-state index is 13.7. The SMILES string of the molecule is CC1(C)OC(=O)C(=CNc2cc(F)ccc2OCCN2CCOCC2)C(=O)O1. The van der Waals surface area contributed by atoms with Gasteiger partial charge in [0.05, 0.1) is 18.9 Å². The van der Waals surface area contributed by atoms with Gasteiger partial charge in [0.15, 0.2) is 5.57 Å². The number of nitrogens with zero attached hydrogens (tertiary/aromatic N) is 1. The van der Waals surface area contributed by atoms with Crippen molar-refractivity contribution in [1.82, 2.24) is 4.90 Å². The summed E-state index contributed by atoms with van der Waals surface area (Å²) >= 11 is 0. The molecule has 0 unspecified atom stereocenters. The molecule has 2 saturated heterocycles. The van der Waals surface area contributed by atoms with Crippen LogP contribution in [0.1, 0.15) is 13.8 Å². The van der Waals surface area contributed by atoms with Crippen LogP contribution < -0.4 is 10.1 Å². The van der Waals surface area contributed by atoms with Crippen LogP contribution in [0, 0.1) is 5.82 Å². The normalized spacial score (nSPS) is 19.6. The van der Waals surface area contributed by atoms with Gasteiger partial charge in [0.1, 0.15) is 18.2 Å². The Hall–Kier alpha value is -2.65. The predicted octanol–water partition coefficient (Wildman–Crippen LogP) is 1.67. The third-order valence-electron chi connectivity index (χ3n) is 4.20. The Balaban J connectivity index is 1.65. The van der Waals surface area contributed by atoms with Crippen molar-refractivity contribution in [2.24, 2.45) is 0 Å². The van der Waals surface area contributed by atoms with Crippen LogP contribution >= 0.6 is 0 Å². The first-order valence-corrected chi connectivity index (χ1v) is 9.00. The summed E-state index contributed by atoms with van der Waals surface area (Å²) in [5, 5.41) is 2.74. The van der Waals surface area contributed by atoms with Gasteiger partial charge in [0.25, 0.3) is 5.79 Å². The van der Waals surface area contributed by atoms with Gasteiger partial charge in [-0.3, -0.25) is 4.90 Å². The molecule has 0 saturated carbocycles. The number of hydrogen-bond donors (Lipinski definition) is 1. The standard InChI is InChI=1S/C19H23FN2O6/c1-19(2)27-17(23)14(18(24)28-19)12-21-15-11-13(20)3-4-16(15)26-10-7-22-5-8-25-9-6-22/h3-4,11-12,21H,5-10H2,1-2H3. The number of hydrogen-bond acceptors (Lipinski definition) is 8. The molecule has 152 valence electrons. The number of ether oxygens (including phenoxy) is 4. The molecule has 0 aromatic heterocycles. The van der Waals surface area contributed by atoms with E-state index < -0.39 is 23.5 Å². The molecule has 1 aromatic carbocycles. The fourth-order valence-electron chi connectivity index (χ4n) is 2.78. The Bertz CT molecular complexity index is 752. The lowest BCUT2D eigenvalue weighted by molar-refractivity contribution is -0.222. The zero-order valence-corrected chi connectivity index (χ0v) is 15.8. The van der Waals surface area contributed by atoms with Crippen molar-refractivity contribution in [3.8, 4) is 5.75 Å². The fraction of sp³-hybridized carbons (Fsp3) is 0.474. The smallest absolute Gasteiger partial charge is 0.350 e. The average molecular weight is 394 g/mol. The van der Waals surface area contributed by atoms with Crippen LogP contribution in [0.3, 0.4) is 0 Å². The molecule has 0 radical (unpaired) electrons. The molecule has 0 amide bonds. The molecule has 2 aliphatic heterocycles. The molecule has 0 spiro atoms. The number of carbonyl (C=O) groups is 2. The van der Waals surface area contributed by atoms with E-state index in [2.05, 4.69) is 10.2 Å². The van der Waals surface area contributed by atoms with E-state index in [1.54, 1.807) is 0 Å². The molecule has 0 aliphatic carbocycles. The summed E-state index contributed by atoms with van der Waals surface area (Å²) in [6, 6.07) is 3.97. The van der Waals surface area contributed by atoms with Gasteiger partial charge in [-0.15, -0.1) is 0 Å². The number of carbonyl (C=O) groups excluding carboxylic acids is 2. The molecule has 1 aromatic rings. The number of halogens is 1. The van der Waals surface area contributed by atoms with Crippen molar-refractivity contribution in [2.75, 3.05) is 44.8 Å². The Kier molecular flexibility index (Phi) is 6.15. The van der Waals surface area contributed by atoms with Crippen molar-refractivity contribution >= 4 is 17.6 Å². The molecule has 9 heteroatoms. The van der Waals surface area contributed by atoms with E-state index >= 15 is 0 Å². The predicted molar refractivity (Wildman–Crippen MR) is 97.1 cm³/mol. The highest BCUT2D eigenvalue weighted by Crippen LogP contribution is 2.27. The molecular weight excluding hydrogens is 371 g/mol. The van der Waals surface area contributed by atoms with Crippen molar-refractivity contribution in [2.45, 2.75) is 19.6 Å². The molecule has 2 fully saturated rings. The van der Waals surface area contributed by atoms with Crippen molar-refractivity contribution in [3.63, 3.8) is 0 Å².